The minimum absolute atomic E-state index is 0.656. The third-order valence-electron chi connectivity index (χ3n) is 5.58. The average Bonchev–Trinajstić information content (AvgIpc) is 2.75. The molecule has 0 saturated heterocycles. The number of rotatable bonds is 4. The van der Waals surface area contributed by atoms with E-state index in [4.69, 9.17) is 0 Å². The smallest absolute Gasteiger partial charge is 0.0405 e. The van der Waals surface area contributed by atoms with Gasteiger partial charge in [0, 0.05) is 18.4 Å². The number of hydrogen-bond acceptors (Lipinski definition) is 1. The Hall–Kier alpha value is -2.80. The van der Waals surface area contributed by atoms with Crippen molar-refractivity contribution in [3.8, 4) is 0 Å². The highest BCUT2D eigenvalue weighted by molar-refractivity contribution is 5.78. The fourth-order valence-corrected chi connectivity index (χ4v) is 3.80. The van der Waals surface area contributed by atoms with Crippen molar-refractivity contribution >= 4 is 16.8 Å². The van der Waals surface area contributed by atoms with E-state index in [0.717, 1.165) is 19.3 Å². The van der Waals surface area contributed by atoms with Crippen LogP contribution in [-0.2, 0) is 0 Å². The standard InChI is InChI=1S/C26H27N/c1-20-11-13-21(14-12-20)23-7-6-8-24(19-23)22-15-17-26(18-16-22)27(2)25-9-4-3-5-10-25/h3-11,13-15,17,19-20H,12,16,18H2,1-2H3. The summed E-state index contributed by atoms with van der Waals surface area (Å²) in [6, 6.07) is 19.6. The van der Waals surface area contributed by atoms with E-state index in [-0.39, 0.29) is 0 Å². The Labute approximate surface area is 163 Å². The summed E-state index contributed by atoms with van der Waals surface area (Å²) in [4.78, 5) is 2.29. The molecule has 0 spiro atoms. The minimum atomic E-state index is 0.656. The summed E-state index contributed by atoms with van der Waals surface area (Å²) in [6.07, 6.45) is 14.8. The van der Waals surface area contributed by atoms with Crippen LogP contribution < -0.4 is 4.90 Å². The molecule has 0 heterocycles. The first-order valence-electron chi connectivity index (χ1n) is 9.88. The maximum atomic E-state index is 2.37. The van der Waals surface area contributed by atoms with Crippen molar-refractivity contribution in [2.75, 3.05) is 11.9 Å². The molecule has 0 saturated carbocycles. The molecule has 0 bridgehead atoms. The lowest BCUT2D eigenvalue weighted by atomic mass is 9.90. The van der Waals surface area contributed by atoms with E-state index in [2.05, 4.69) is 104 Å². The highest BCUT2D eigenvalue weighted by atomic mass is 15.1. The van der Waals surface area contributed by atoms with Gasteiger partial charge < -0.3 is 4.90 Å². The fourth-order valence-electron chi connectivity index (χ4n) is 3.80. The predicted octanol–water partition coefficient (Wildman–Crippen LogP) is 6.86. The summed E-state index contributed by atoms with van der Waals surface area (Å²) >= 11 is 0. The molecule has 0 amide bonds. The number of anilines is 1. The summed E-state index contributed by atoms with van der Waals surface area (Å²) in [5, 5.41) is 0. The second-order valence-electron chi connectivity index (χ2n) is 7.56. The van der Waals surface area contributed by atoms with Crippen molar-refractivity contribution in [1.82, 2.24) is 0 Å². The SMILES string of the molecule is CC1C=CC(c2cccc(C3=CC=C(N(C)c4ccccc4)CC3)c2)=CC1. The normalized spacial score (nSPS) is 19.2. The van der Waals surface area contributed by atoms with Crippen molar-refractivity contribution in [3.63, 3.8) is 0 Å². The van der Waals surface area contributed by atoms with Crippen molar-refractivity contribution in [1.29, 1.82) is 0 Å². The Morgan fingerprint density at radius 3 is 2.41 bits per heavy atom. The fraction of sp³-hybridized carbons (Fsp3) is 0.231. The zero-order chi connectivity index (χ0) is 18.6. The summed E-state index contributed by atoms with van der Waals surface area (Å²) in [5.41, 5.74) is 8.06. The highest BCUT2D eigenvalue weighted by Crippen LogP contribution is 2.32. The van der Waals surface area contributed by atoms with Crippen LogP contribution in [0.4, 0.5) is 5.69 Å². The maximum absolute atomic E-state index is 2.37. The lowest BCUT2D eigenvalue weighted by Gasteiger charge is -2.25. The molecule has 0 N–H and O–H groups in total. The van der Waals surface area contributed by atoms with Gasteiger partial charge in [0.1, 0.15) is 0 Å². The predicted molar refractivity (Wildman–Crippen MR) is 117 cm³/mol. The van der Waals surface area contributed by atoms with Gasteiger partial charge in [0.05, 0.1) is 0 Å². The van der Waals surface area contributed by atoms with Crippen molar-refractivity contribution in [3.05, 3.63) is 102 Å². The molecule has 136 valence electrons. The first-order valence-corrected chi connectivity index (χ1v) is 9.88. The number of para-hydroxylation sites is 1. The van der Waals surface area contributed by atoms with Crippen LogP contribution in [-0.4, -0.2) is 7.05 Å². The molecule has 1 atom stereocenters. The molecular formula is C26H27N. The number of allylic oxidation sites excluding steroid dienone is 8. The molecule has 1 nitrogen and oxygen atoms in total. The Balaban J connectivity index is 1.55. The van der Waals surface area contributed by atoms with E-state index in [1.807, 2.05) is 0 Å². The van der Waals surface area contributed by atoms with Crippen LogP contribution in [0.1, 0.15) is 37.3 Å². The molecule has 2 aromatic rings. The van der Waals surface area contributed by atoms with Crippen LogP contribution in [0.3, 0.4) is 0 Å². The second kappa shape index (κ2) is 7.84. The molecule has 0 aromatic heterocycles. The van der Waals surface area contributed by atoms with Crippen LogP contribution in [0, 0.1) is 5.92 Å². The topological polar surface area (TPSA) is 3.24 Å². The van der Waals surface area contributed by atoms with Gasteiger partial charge in [-0.1, -0.05) is 67.6 Å². The van der Waals surface area contributed by atoms with Gasteiger partial charge in [0.15, 0.2) is 0 Å². The Morgan fingerprint density at radius 2 is 1.70 bits per heavy atom. The van der Waals surface area contributed by atoms with Crippen molar-refractivity contribution < 1.29 is 0 Å². The lowest BCUT2D eigenvalue weighted by Crippen LogP contribution is -2.17. The summed E-state index contributed by atoms with van der Waals surface area (Å²) < 4.78 is 0. The molecule has 0 fully saturated rings. The quantitative estimate of drug-likeness (QED) is 0.580. The second-order valence-corrected chi connectivity index (χ2v) is 7.56. The molecule has 1 heteroatoms. The number of hydrogen-bond donors (Lipinski definition) is 0. The van der Waals surface area contributed by atoms with Crippen LogP contribution in [0.15, 0.2) is 90.7 Å². The van der Waals surface area contributed by atoms with Gasteiger partial charge >= 0.3 is 0 Å². The third kappa shape index (κ3) is 3.98. The Bertz CT molecular complexity index is 928. The van der Waals surface area contributed by atoms with Gasteiger partial charge in [0.25, 0.3) is 0 Å². The first kappa shape index (κ1) is 17.6. The first-order chi connectivity index (χ1) is 13.2. The molecule has 0 radical (unpaired) electrons. The van der Waals surface area contributed by atoms with Gasteiger partial charge in [-0.15, -0.1) is 0 Å². The van der Waals surface area contributed by atoms with E-state index in [1.54, 1.807) is 0 Å². The Morgan fingerprint density at radius 1 is 0.889 bits per heavy atom. The summed E-state index contributed by atoms with van der Waals surface area (Å²) in [5.74, 6) is 0.656. The van der Waals surface area contributed by atoms with Gasteiger partial charge in [0.2, 0.25) is 0 Å². The monoisotopic (exact) mass is 353 g/mol. The lowest BCUT2D eigenvalue weighted by molar-refractivity contribution is 0.739. The van der Waals surface area contributed by atoms with Crippen molar-refractivity contribution in [2.45, 2.75) is 26.2 Å². The maximum Gasteiger partial charge on any atom is 0.0405 e. The van der Waals surface area contributed by atoms with E-state index in [9.17, 15) is 0 Å². The van der Waals surface area contributed by atoms with Gasteiger partial charge in [-0.25, -0.2) is 0 Å². The molecule has 2 aromatic carbocycles. The van der Waals surface area contributed by atoms with Crippen LogP contribution in [0.5, 0.6) is 0 Å². The Kier molecular flexibility index (Phi) is 5.11. The molecular weight excluding hydrogens is 326 g/mol. The summed E-state index contributed by atoms with van der Waals surface area (Å²) in [6.45, 7) is 2.27. The number of benzene rings is 2. The largest absolute Gasteiger partial charge is 0.348 e. The van der Waals surface area contributed by atoms with E-state index in [0.29, 0.717) is 5.92 Å². The highest BCUT2D eigenvalue weighted by Gasteiger charge is 2.13. The van der Waals surface area contributed by atoms with E-state index in [1.165, 1.54) is 33.7 Å². The van der Waals surface area contributed by atoms with E-state index < -0.39 is 0 Å². The zero-order valence-electron chi connectivity index (χ0n) is 16.2. The van der Waals surface area contributed by atoms with Crippen LogP contribution >= 0.6 is 0 Å². The molecule has 27 heavy (non-hydrogen) atoms. The van der Waals surface area contributed by atoms with E-state index >= 15 is 0 Å². The average molecular weight is 354 g/mol. The molecule has 4 rings (SSSR count). The summed E-state index contributed by atoms with van der Waals surface area (Å²) in [7, 11) is 2.16. The van der Waals surface area contributed by atoms with Crippen LogP contribution in [0.25, 0.3) is 11.1 Å². The molecule has 2 aliphatic carbocycles. The molecule has 0 aliphatic heterocycles. The van der Waals surface area contributed by atoms with Crippen LogP contribution in [0.2, 0.25) is 0 Å². The third-order valence-corrected chi connectivity index (χ3v) is 5.58. The van der Waals surface area contributed by atoms with Crippen molar-refractivity contribution in [2.24, 2.45) is 5.92 Å². The molecule has 2 aliphatic rings. The minimum Gasteiger partial charge on any atom is -0.348 e. The number of nitrogens with zero attached hydrogens (tertiary/aromatic N) is 1. The van der Waals surface area contributed by atoms with Gasteiger partial charge in [-0.05, 0) is 71.7 Å². The van der Waals surface area contributed by atoms with Gasteiger partial charge in [-0.3, -0.25) is 0 Å². The molecule has 1 unspecified atom stereocenters. The zero-order valence-corrected chi connectivity index (χ0v) is 16.2. The van der Waals surface area contributed by atoms with Gasteiger partial charge in [-0.2, -0.15) is 0 Å².